The monoisotopic (exact) mass is 360 g/mol. The van der Waals surface area contributed by atoms with Crippen molar-refractivity contribution in [3.05, 3.63) is 95.3 Å². The third-order valence-electron chi connectivity index (χ3n) is 4.72. The van der Waals surface area contributed by atoms with Crippen molar-refractivity contribution in [2.45, 2.75) is 25.8 Å². The van der Waals surface area contributed by atoms with Gasteiger partial charge in [0.15, 0.2) is 0 Å². The molecular formula is C23H24N2O2. The summed E-state index contributed by atoms with van der Waals surface area (Å²) in [5, 5.41) is 3.04. The number of nitrogens with zero attached hydrogens (tertiary/aromatic N) is 1. The van der Waals surface area contributed by atoms with Crippen molar-refractivity contribution in [1.82, 2.24) is 10.3 Å². The highest BCUT2D eigenvalue weighted by Crippen LogP contribution is 2.29. The van der Waals surface area contributed by atoms with Crippen LogP contribution in [0.4, 0.5) is 0 Å². The molecule has 0 fully saturated rings. The third kappa shape index (κ3) is 4.94. The molecule has 0 spiro atoms. The predicted molar refractivity (Wildman–Crippen MR) is 107 cm³/mol. The van der Waals surface area contributed by atoms with Gasteiger partial charge in [0.25, 0.3) is 0 Å². The molecule has 138 valence electrons. The molecule has 0 aliphatic carbocycles. The zero-order valence-corrected chi connectivity index (χ0v) is 15.7. The fraction of sp³-hybridized carbons (Fsp3) is 0.217. The number of benzene rings is 2. The Kier molecular flexibility index (Phi) is 6.21. The topological polar surface area (TPSA) is 51.2 Å². The normalized spacial score (nSPS) is 11.6. The lowest BCUT2D eigenvalue weighted by Gasteiger charge is -2.18. The van der Waals surface area contributed by atoms with E-state index in [-0.39, 0.29) is 11.8 Å². The maximum Gasteiger partial charge on any atom is 0.221 e. The maximum absolute atomic E-state index is 12.7. The SMILES string of the molecule is COc1ccc(C(CC(=O)NCc2ccncc2C)c2ccccc2)cc1. The van der Waals surface area contributed by atoms with Crippen LogP contribution < -0.4 is 10.1 Å². The van der Waals surface area contributed by atoms with Gasteiger partial charge < -0.3 is 10.1 Å². The highest BCUT2D eigenvalue weighted by atomic mass is 16.5. The predicted octanol–water partition coefficient (Wildman–Crippen LogP) is 4.24. The number of aromatic nitrogens is 1. The summed E-state index contributed by atoms with van der Waals surface area (Å²) in [4.78, 5) is 16.7. The second kappa shape index (κ2) is 8.99. The fourth-order valence-corrected chi connectivity index (χ4v) is 3.10. The summed E-state index contributed by atoms with van der Waals surface area (Å²) in [7, 11) is 1.65. The molecule has 1 N–H and O–H groups in total. The van der Waals surface area contributed by atoms with Crippen LogP contribution in [-0.2, 0) is 11.3 Å². The largest absolute Gasteiger partial charge is 0.497 e. The number of pyridine rings is 1. The van der Waals surface area contributed by atoms with Gasteiger partial charge in [-0.05, 0) is 47.4 Å². The van der Waals surface area contributed by atoms with Gasteiger partial charge in [0.2, 0.25) is 5.91 Å². The molecule has 0 aliphatic heterocycles. The summed E-state index contributed by atoms with van der Waals surface area (Å²) in [6, 6.07) is 20.0. The lowest BCUT2D eigenvalue weighted by molar-refractivity contribution is -0.121. The summed E-state index contributed by atoms with van der Waals surface area (Å²) >= 11 is 0. The first-order valence-electron chi connectivity index (χ1n) is 9.02. The molecule has 3 rings (SSSR count). The van der Waals surface area contributed by atoms with Crippen LogP contribution in [0.25, 0.3) is 0 Å². The standard InChI is InChI=1S/C23H24N2O2/c1-17-15-24-13-12-20(17)16-25-23(26)14-22(18-6-4-3-5-7-18)19-8-10-21(27-2)11-9-19/h3-13,15,22H,14,16H2,1-2H3,(H,25,26). The number of amides is 1. The minimum atomic E-state index is -0.00403. The fourth-order valence-electron chi connectivity index (χ4n) is 3.10. The molecule has 2 aromatic carbocycles. The summed E-state index contributed by atoms with van der Waals surface area (Å²) in [6.45, 7) is 2.51. The van der Waals surface area contributed by atoms with E-state index in [2.05, 4.69) is 22.4 Å². The summed E-state index contributed by atoms with van der Waals surface area (Å²) in [6.07, 6.45) is 3.95. The van der Waals surface area contributed by atoms with E-state index in [4.69, 9.17) is 4.74 Å². The van der Waals surface area contributed by atoms with Crippen LogP contribution in [-0.4, -0.2) is 18.0 Å². The van der Waals surface area contributed by atoms with Gasteiger partial charge in [-0.3, -0.25) is 9.78 Å². The second-order valence-electron chi connectivity index (χ2n) is 6.52. The number of carbonyl (C=O) groups is 1. The van der Waals surface area contributed by atoms with Crippen LogP contribution in [0.15, 0.2) is 73.1 Å². The van der Waals surface area contributed by atoms with E-state index in [1.807, 2.05) is 61.7 Å². The van der Waals surface area contributed by atoms with E-state index in [0.29, 0.717) is 13.0 Å². The molecule has 1 amide bonds. The van der Waals surface area contributed by atoms with Crippen molar-refractivity contribution in [2.75, 3.05) is 7.11 Å². The Balaban J connectivity index is 1.74. The zero-order valence-electron chi connectivity index (χ0n) is 15.7. The van der Waals surface area contributed by atoms with Crippen molar-refractivity contribution in [3.63, 3.8) is 0 Å². The summed E-state index contributed by atoms with van der Waals surface area (Å²) < 4.78 is 5.25. The third-order valence-corrected chi connectivity index (χ3v) is 4.72. The van der Waals surface area contributed by atoms with E-state index >= 15 is 0 Å². The first-order chi connectivity index (χ1) is 13.2. The van der Waals surface area contributed by atoms with Gasteiger partial charge in [0, 0.05) is 31.3 Å². The number of hydrogen-bond donors (Lipinski definition) is 1. The molecule has 1 unspecified atom stereocenters. The van der Waals surface area contributed by atoms with E-state index in [1.165, 1.54) is 0 Å². The number of methoxy groups -OCH3 is 1. The van der Waals surface area contributed by atoms with Gasteiger partial charge in [-0.25, -0.2) is 0 Å². The van der Waals surface area contributed by atoms with Crippen molar-refractivity contribution in [2.24, 2.45) is 0 Å². The number of hydrogen-bond acceptors (Lipinski definition) is 3. The molecule has 4 heteroatoms. The average molecular weight is 360 g/mol. The summed E-state index contributed by atoms with van der Waals surface area (Å²) in [5.41, 5.74) is 4.38. The number of nitrogens with one attached hydrogen (secondary N) is 1. The summed E-state index contributed by atoms with van der Waals surface area (Å²) in [5.74, 6) is 0.828. The van der Waals surface area contributed by atoms with Gasteiger partial charge in [0.05, 0.1) is 7.11 Å². The van der Waals surface area contributed by atoms with Crippen molar-refractivity contribution in [3.8, 4) is 5.75 Å². The number of aryl methyl sites for hydroxylation is 1. The molecule has 1 atom stereocenters. The smallest absolute Gasteiger partial charge is 0.221 e. The zero-order chi connectivity index (χ0) is 19.1. The molecule has 0 aliphatic rings. The van der Waals surface area contributed by atoms with Crippen LogP contribution >= 0.6 is 0 Å². The highest BCUT2D eigenvalue weighted by Gasteiger charge is 2.18. The quantitative estimate of drug-likeness (QED) is 0.686. The van der Waals surface area contributed by atoms with Gasteiger partial charge in [-0.1, -0.05) is 42.5 Å². The molecule has 1 heterocycles. The Morgan fingerprint density at radius 3 is 2.41 bits per heavy atom. The number of rotatable bonds is 7. The van der Waals surface area contributed by atoms with Crippen LogP contribution in [0, 0.1) is 6.92 Å². The average Bonchev–Trinajstić information content (AvgIpc) is 2.72. The Morgan fingerprint density at radius 2 is 1.74 bits per heavy atom. The Labute approximate surface area is 160 Å². The molecule has 0 bridgehead atoms. The van der Waals surface area contributed by atoms with Crippen LogP contribution in [0.2, 0.25) is 0 Å². The van der Waals surface area contributed by atoms with Gasteiger partial charge >= 0.3 is 0 Å². The molecule has 0 radical (unpaired) electrons. The van der Waals surface area contributed by atoms with Gasteiger partial charge in [-0.15, -0.1) is 0 Å². The first-order valence-corrected chi connectivity index (χ1v) is 9.02. The van der Waals surface area contributed by atoms with Crippen molar-refractivity contribution < 1.29 is 9.53 Å². The number of ether oxygens (including phenoxy) is 1. The van der Waals surface area contributed by atoms with Gasteiger partial charge in [-0.2, -0.15) is 0 Å². The first kappa shape index (κ1) is 18.6. The Hall–Kier alpha value is -3.14. The van der Waals surface area contributed by atoms with E-state index in [1.54, 1.807) is 13.3 Å². The molecule has 0 saturated carbocycles. The lowest BCUT2D eigenvalue weighted by Crippen LogP contribution is -2.25. The van der Waals surface area contributed by atoms with Crippen LogP contribution in [0.3, 0.4) is 0 Å². The number of carbonyl (C=O) groups excluding carboxylic acids is 1. The lowest BCUT2D eigenvalue weighted by atomic mass is 9.88. The Morgan fingerprint density at radius 1 is 1.04 bits per heavy atom. The van der Waals surface area contributed by atoms with E-state index in [0.717, 1.165) is 28.0 Å². The molecule has 3 aromatic rings. The maximum atomic E-state index is 12.7. The van der Waals surface area contributed by atoms with E-state index < -0.39 is 0 Å². The molecule has 0 saturated heterocycles. The Bertz CT molecular complexity index is 876. The molecular weight excluding hydrogens is 336 g/mol. The van der Waals surface area contributed by atoms with Crippen molar-refractivity contribution in [1.29, 1.82) is 0 Å². The van der Waals surface area contributed by atoms with Crippen molar-refractivity contribution >= 4 is 5.91 Å². The molecule has 1 aromatic heterocycles. The minimum absolute atomic E-state index is 0.00403. The molecule has 27 heavy (non-hydrogen) atoms. The van der Waals surface area contributed by atoms with Gasteiger partial charge in [0.1, 0.15) is 5.75 Å². The van der Waals surface area contributed by atoms with Crippen LogP contribution in [0.5, 0.6) is 5.75 Å². The highest BCUT2D eigenvalue weighted by molar-refractivity contribution is 5.77. The minimum Gasteiger partial charge on any atom is -0.497 e. The molecule has 4 nitrogen and oxygen atoms in total. The van der Waals surface area contributed by atoms with E-state index in [9.17, 15) is 4.79 Å². The second-order valence-corrected chi connectivity index (χ2v) is 6.52. The van der Waals surface area contributed by atoms with Crippen LogP contribution in [0.1, 0.15) is 34.6 Å².